The molecule has 1 atom stereocenters. The van der Waals surface area contributed by atoms with Crippen molar-refractivity contribution in [3.63, 3.8) is 0 Å². The van der Waals surface area contributed by atoms with Crippen molar-refractivity contribution in [3.05, 3.63) is 87.5 Å². The van der Waals surface area contributed by atoms with Crippen LogP contribution in [0.2, 0.25) is 0 Å². The molecule has 0 spiro atoms. The van der Waals surface area contributed by atoms with Crippen LogP contribution in [0.25, 0.3) is 22.3 Å². The summed E-state index contributed by atoms with van der Waals surface area (Å²) in [6.45, 7) is 24.3. The monoisotopic (exact) mass is 625 g/mol. The van der Waals surface area contributed by atoms with Crippen LogP contribution < -0.4 is 10.0 Å². The van der Waals surface area contributed by atoms with E-state index < -0.39 is 5.41 Å². The zero-order valence-electron chi connectivity index (χ0n) is 29.8. The smallest absolute Gasteiger partial charge is 0.232 e. The molecule has 4 aromatic rings. The first-order valence-corrected chi connectivity index (χ1v) is 17.0. The molecule has 248 valence electrons. The Balaban J connectivity index is 1.65. The Morgan fingerprint density at radius 3 is 2.26 bits per heavy atom. The van der Waals surface area contributed by atoms with Crippen molar-refractivity contribution in [2.75, 3.05) is 26.2 Å². The number of nitrogens with zero attached hydrogens (tertiary/aromatic N) is 3. The van der Waals surface area contributed by atoms with E-state index in [0.717, 1.165) is 77.3 Å². The number of benzene rings is 1. The quantitative estimate of drug-likeness (QED) is 0.0861. The van der Waals surface area contributed by atoms with Crippen molar-refractivity contribution < 1.29 is 9.52 Å². The van der Waals surface area contributed by atoms with Crippen molar-refractivity contribution in [1.82, 2.24) is 20.2 Å². The van der Waals surface area contributed by atoms with Gasteiger partial charge < -0.3 is 20.4 Å². The van der Waals surface area contributed by atoms with Crippen LogP contribution in [0.4, 0.5) is 0 Å². The van der Waals surface area contributed by atoms with Crippen molar-refractivity contribution in [2.45, 2.75) is 93.4 Å². The third kappa shape index (κ3) is 8.35. The first-order valence-electron chi connectivity index (χ1n) is 17.0. The average molecular weight is 626 g/mol. The molecule has 0 saturated heterocycles. The number of hydrogen-bond donors (Lipinski definition) is 2. The lowest BCUT2D eigenvalue weighted by atomic mass is 9.82. The number of aromatic nitrogens is 3. The molecule has 1 amide bonds. The number of amides is 1. The van der Waals surface area contributed by atoms with Crippen LogP contribution in [-0.4, -0.2) is 47.0 Å². The fraction of sp³-hybridized carbons (Fsp3) is 0.513. The Labute approximate surface area is 276 Å². The van der Waals surface area contributed by atoms with Gasteiger partial charge in [-0.3, -0.25) is 4.79 Å². The predicted octanol–water partition coefficient (Wildman–Crippen LogP) is 7.53. The molecule has 0 aliphatic carbocycles. The second-order valence-electron chi connectivity index (χ2n) is 14.7. The number of carbonyl (C=O) groups is 1. The minimum Gasteiger partial charge on any atom is -0.619 e. The first-order chi connectivity index (χ1) is 21.7. The Kier molecular flexibility index (Phi) is 11.3. The molecule has 0 saturated carbocycles. The molecular weight excluding hydrogens is 570 g/mol. The van der Waals surface area contributed by atoms with Gasteiger partial charge in [-0.1, -0.05) is 51.8 Å². The maximum absolute atomic E-state index is 14.1. The Morgan fingerprint density at radius 2 is 1.65 bits per heavy atom. The van der Waals surface area contributed by atoms with E-state index in [9.17, 15) is 10.0 Å². The molecule has 3 aromatic heterocycles. The van der Waals surface area contributed by atoms with Gasteiger partial charge in [-0.2, -0.15) is 4.73 Å². The number of nitrogens with one attached hydrogen (secondary N) is 2. The fourth-order valence-electron chi connectivity index (χ4n) is 6.59. The molecule has 0 fully saturated rings. The van der Waals surface area contributed by atoms with E-state index >= 15 is 0 Å². The number of aryl methyl sites for hydroxylation is 4. The van der Waals surface area contributed by atoms with Gasteiger partial charge in [-0.15, -0.1) is 0 Å². The second kappa shape index (κ2) is 14.8. The van der Waals surface area contributed by atoms with Gasteiger partial charge in [0, 0.05) is 50.3 Å². The van der Waals surface area contributed by atoms with Crippen molar-refractivity contribution in [1.29, 1.82) is 0 Å². The maximum Gasteiger partial charge on any atom is 0.232 e. The molecule has 7 nitrogen and oxygen atoms in total. The highest BCUT2D eigenvalue weighted by Crippen LogP contribution is 2.38. The number of carbonyl (C=O) groups excluding carboxylic acids is 1. The van der Waals surface area contributed by atoms with Gasteiger partial charge in [-0.25, -0.2) is 4.98 Å². The lowest BCUT2D eigenvalue weighted by Gasteiger charge is -2.34. The van der Waals surface area contributed by atoms with E-state index in [2.05, 4.69) is 83.0 Å². The minimum atomic E-state index is -0.720. The molecule has 7 heteroatoms. The Bertz CT molecular complexity index is 1620. The van der Waals surface area contributed by atoms with E-state index in [4.69, 9.17) is 4.98 Å². The number of aromatic amines is 1. The summed E-state index contributed by atoms with van der Waals surface area (Å²) in [5.74, 6) is 1.13. The van der Waals surface area contributed by atoms with E-state index in [0.29, 0.717) is 11.8 Å². The largest absolute Gasteiger partial charge is 0.619 e. The molecule has 4 rings (SSSR count). The molecular formula is C39H55N5O2. The number of pyridine rings is 2. The van der Waals surface area contributed by atoms with Crippen LogP contribution in [0.1, 0.15) is 94.3 Å². The SMILES string of the molecule is Cc1cc(C)cc(-c2[nH]c3ncc(C(C)(C)C(=O)N(CC(C)C)CC(C)C)cc3c2C(C)CNCCCc2cc[n+]([O-])c(C)c2)c1. The molecule has 0 aliphatic heterocycles. The standard InChI is InChI=1S/C39H55N5O2/c1-25(2)23-43(24-26(3)4)38(45)39(9,10)33-20-34-35(29(7)21-40-14-11-12-31-13-15-44(46)30(8)19-31)36(42-37(34)41-22-33)32-17-27(5)16-28(6)18-32/h13,15-20,22,25-26,29,40H,11-12,14,21,23-24H2,1-10H3,(H,41,42). The number of rotatable bonds is 14. The van der Waals surface area contributed by atoms with Crippen LogP contribution in [0.15, 0.2) is 48.8 Å². The highest BCUT2D eigenvalue weighted by molar-refractivity contribution is 5.92. The normalized spacial score (nSPS) is 12.8. The summed E-state index contributed by atoms with van der Waals surface area (Å²) < 4.78 is 0.905. The number of H-pyrrole nitrogens is 1. The summed E-state index contributed by atoms with van der Waals surface area (Å²) in [5, 5.41) is 16.5. The number of hydrogen-bond acceptors (Lipinski definition) is 4. The van der Waals surface area contributed by atoms with Crippen molar-refractivity contribution in [2.24, 2.45) is 11.8 Å². The average Bonchev–Trinajstić information content (AvgIpc) is 3.36. The van der Waals surface area contributed by atoms with Gasteiger partial charge in [0.05, 0.1) is 11.1 Å². The van der Waals surface area contributed by atoms with Crippen molar-refractivity contribution >= 4 is 16.9 Å². The Morgan fingerprint density at radius 1 is 1.00 bits per heavy atom. The highest BCUT2D eigenvalue weighted by atomic mass is 16.5. The van der Waals surface area contributed by atoms with E-state index in [1.165, 1.54) is 22.3 Å². The molecule has 3 heterocycles. The zero-order valence-corrected chi connectivity index (χ0v) is 29.8. The van der Waals surface area contributed by atoms with Gasteiger partial charge in [0.15, 0.2) is 11.9 Å². The predicted molar refractivity (Wildman–Crippen MR) is 190 cm³/mol. The van der Waals surface area contributed by atoms with Crippen LogP contribution in [-0.2, 0) is 16.6 Å². The molecule has 0 aliphatic rings. The van der Waals surface area contributed by atoms with Crippen molar-refractivity contribution in [3.8, 4) is 11.3 Å². The molecule has 2 N–H and O–H groups in total. The topological polar surface area (TPSA) is 88.0 Å². The molecule has 1 unspecified atom stereocenters. The second-order valence-corrected chi connectivity index (χ2v) is 14.7. The van der Waals surface area contributed by atoms with Crippen LogP contribution in [0.5, 0.6) is 0 Å². The third-order valence-electron chi connectivity index (χ3n) is 8.84. The van der Waals surface area contributed by atoms with E-state index in [1.807, 2.05) is 44.0 Å². The lowest BCUT2D eigenvalue weighted by Crippen LogP contribution is -2.46. The molecule has 0 radical (unpaired) electrons. The first kappa shape index (κ1) is 35.1. The molecule has 46 heavy (non-hydrogen) atoms. The van der Waals surface area contributed by atoms with Gasteiger partial charge >= 0.3 is 0 Å². The van der Waals surface area contributed by atoms with Crippen LogP contribution in [0, 0.1) is 37.8 Å². The summed E-state index contributed by atoms with van der Waals surface area (Å²) in [5.41, 5.74) is 8.90. The highest BCUT2D eigenvalue weighted by Gasteiger charge is 2.35. The minimum absolute atomic E-state index is 0.149. The maximum atomic E-state index is 14.1. The summed E-state index contributed by atoms with van der Waals surface area (Å²) in [4.78, 5) is 24.7. The lowest BCUT2D eigenvalue weighted by molar-refractivity contribution is -0.612. The zero-order chi connectivity index (χ0) is 33.8. The van der Waals surface area contributed by atoms with Gasteiger partial charge in [-0.05, 0) is 105 Å². The Hall–Kier alpha value is -3.71. The third-order valence-corrected chi connectivity index (χ3v) is 8.84. The van der Waals surface area contributed by atoms with Crippen LogP contribution in [0.3, 0.4) is 0 Å². The van der Waals surface area contributed by atoms with Gasteiger partial charge in [0.1, 0.15) is 5.65 Å². The van der Waals surface area contributed by atoms with Gasteiger partial charge in [0.2, 0.25) is 5.91 Å². The summed E-state index contributed by atoms with van der Waals surface area (Å²) in [7, 11) is 0. The van der Waals surface area contributed by atoms with Crippen LogP contribution >= 0.6 is 0 Å². The number of fused-ring (bicyclic) bond motifs is 1. The summed E-state index contributed by atoms with van der Waals surface area (Å²) in [6.07, 6.45) is 5.38. The summed E-state index contributed by atoms with van der Waals surface area (Å²) in [6, 6.07) is 12.8. The van der Waals surface area contributed by atoms with E-state index in [-0.39, 0.29) is 11.8 Å². The summed E-state index contributed by atoms with van der Waals surface area (Å²) >= 11 is 0. The van der Waals surface area contributed by atoms with E-state index in [1.54, 1.807) is 6.20 Å². The fourth-order valence-corrected chi connectivity index (χ4v) is 6.59. The van der Waals surface area contributed by atoms with Gasteiger partial charge in [0.25, 0.3) is 0 Å². The molecule has 1 aromatic carbocycles. The molecule has 0 bridgehead atoms.